The summed E-state index contributed by atoms with van der Waals surface area (Å²) in [4.78, 5) is 4.56. The van der Waals surface area contributed by atoms with Gasteiger partial charge in [-0.15, -0.1) is 0 Å². The summed E-state index contributed by atoms with van der Waals surface area (Å²) in [5.74, 6) is 0. The van der Waals surface area contributed by atoms with Crippen molar-refractivity contribution in [2.75, 3.05) is 6.54 Å². The van der Waals surface area contributed by atoms with Crippen molar-refractivity contribution in [3.8, 4) is 0 Å². The highest BCUT2D eigenvalue weighted by Crippen LogP contribution is 2.15. The van der Waals surface area contributed by atoms with E-state index in [9.17, 15) is 0 Å². The molecule has 0 aliphatic rings. The smallest absolute Gasteiger partial charge is 0.0447 e. The van der Waals surface area contributed by atoms with Crippen molar-refractivity contribution in [2.45, 2.75) is 40.2 Å². The zero-order valence-electron chi connectivity index (χ0n) is 12.7. The molecular formula is C18H24N2. The fourth-order valence-corrected chi connectivity index (χ4v) is 2.26. The van der Waals surface area contributed by atoms with Gasteiger partial charge in [-0.2, -0.15) is 0 Å². The van der Waals surface area contributed by atoms with E-state index in [-0.39, 0.29) is 0 Å². The van der Waals surface area contributed by atoms with Gasteiger partial charge in [-0.05, 0) is 48.2 Å². The Bertz CT molecular complexity index is 544. The average molecular weight is 268 g/mol. The number of nitrogens with zero attached hydrogens (tertiary/aromatic N) is 1. The molecule has 2 aromatic rings. The van der Waals surface area contributed by atoms with Crippen LogP contribution in [0.1, 0.15) is 41.8 Å². The van der Waals surface area contributed by atoms with E-state index in [4.69, 9.17) is 0 Å². The van der Waals surface area contributed by atoms with Gasteiger partial charge in [0.1, 0.15) is 0 Å². The SMILES string of the molecule is CCNCc1ccc(C)c(Cc2ccc(CC)cn2)c1. The largest absolute Gasteiger partial charge is 0.313 e. The lowest BCUT2D eigenvalue weighted by Gasteiger charge is -2.09. The van der Waals surface area contributed by atoms with Crippen molar-refractivity contribution in [2.24, 2.45) is 0 Å². The van der Waals surface area contributed by atoms with Crippen LogP contribution in [0.3, 0.4) is 0 Å². The summed E-state index contributed by atoms with van der Waals surface area (Å²) >= 11 is 0. The van der Waals surface area contributed by atoms with E-state index in [1.807, 2.05) is 6.20 Å². The Labute approximate surface area is 122 Å². The lowest BCUT2D eigenvalue weighted by Crippen LogP contribution is -2.12. The lowest BCUT2D eigenvalue weighted by molar-refractivity contribution is 0.726. The number of rotatable bonds is 6. The fourth-order valence-electron chi connectivity index (χ4n) is 2.26. The molecule has 1 heterocycles. The predicted molar refractivity (Wildman–Crippen MR) is 85.0 cm³/mol. The van der Waals surface area contributed by atoms with Gasteiger partial charge in [-0.25, -0.2) is 0 Å². The molecule has 0 radical (unpaired) electrons. The van der Waals surface area contributed by atoms with Crippen LogP contribution in [0.4, 0.5) is 0 Å². The highest BCUT2D eigenvalue weighted by molar-refractivity contribution is 5.34. The van der Waals surface area contributed by atoms with Crippen molar-refractivity contribution in [3.05, 3.63) is 64.5 Å². The van der Waals surface area contributed by atoms with Crippen molar-refractivity contribution >= 4 is 0 Å². The number of benzene rings is 1. The molecule has 0 aliphatic carbocycles. The van der Waals surface area contributed by atoms with E-state index < -0.39 is 0 Å². The molecule has 106 valence electrons. The Hall–Kier alpha value is -1.67. The third-order valence-electron chi connectivity index (χ3n) is 3.66. The van der Waals surface area contributed by atoms with Crippen molar-refractivity contribution in [1.29, 1.82) is 0 Å². The van der Waals surface area contributed by atoms with Gasteiger partial charge in [0.05, 0.1) is 0 Å². The van der Waals surface area contributed by atoms with Crippen LogP contribution >= 0.6 is 0 Å². The topological polar surface area (TPSA) is 24.9 Å². The maximum Gasteiger partial charge on any atom is 0.0447 e. The molecule has 20 heavy (non-hydrogen) atoms. The average Bonchev–Trinajstić information content (AvgIpc) is 2.49. The molecule has 1 aromatic heterocycles. The highest BCUT2D eigenvalue weighted by Gasteiger charge is 2.03. The first-order chi connectivity index (χ1) is 9.72. The Balaban J connectivity index is 2.14. The van der Waals surface area contributed by atoms with E-state index in [1.165, 1.54) is 22.3 Å². The van der Waals surface area contributed by atoms with Gasteiger partial charge in [-0.1, -0.05) is 38.1 Å². The monoisotopic (exact) mass is 268 g/mol. The molecular weight excluding hydrogens is 244 g/mol. The summed E-state index contributed by atoms with van der Waals surface area (Å²) in [5, 5.41) is 3.37. The van der Waals surface area contributed by atoms with E-state index in [1.54, 1.807) is 0 Å². The number of nitrogens with one attached hydrogen (secondary N) is 1. The second kappa shape index (κ2) is 7.20. The van der Waals surface area contributed by atoms with E-state index in [0.29, 0.717) is 0 Å². The summed E-state index contributed by atoms with van der Waals surface area (Å²) in [6.07, 6.45) is 3.95. The third-order valence-corrected chi connectivity index (χ3v) is 3.66. The molecule has 0 spiro atoms. The minimum atomic E-state index is 0.912. The van der Waals surface area contributed by atoms with Gasteiger partial charge in [0.25, 0.3) is 0 Å². The van der Waals surface area contributed by atoms with E-state index in [2.05, 4.69) is 61.4 Å². The molecule has 1 N–H and O–H groups in total. The van der Waals surface area contributed by atoms with Gasteiger partial charge >= 0.3 is 0 Å². The lowest BCUT2D eigenvalue weighted by atomic mass is 10.00. The number of hydrogen-bond donors (Lipinski definition) is 1. The van der Waals surface area contributed by atoms with Crippen LogP contribution in [0.25, 0.3) is 0 Å². The second-order valence-corrected chi connectivity index (χ2v) is 5.23. The Morgan fingerprint density at radius 3 is 2.50 bits per heavy atom. The zero-order valence-corrected chi connectivity index (χ0v) is 12.7. The van der Waals surface area contributed by atoms with Crippen molar-refractivity contribution < 1.29 is 0 Å². The number of hydrogen-bond acceptors (Lipinski definition) is 2. The van der Waals surface area contributed by atoms with E-state index in [0.717, 1.165) is 31.6 Å². The molecule has 0 saturated carbocycles. The molecule has 0 amide bonds. The van der Waals surface area contributed by atoms with Crippen molar-refractivity contribution in [3.63, 3.8) is 0 Å². The molecule has 2 rings (SSSR count). The summed E-state index contributed by atoms with van der Waals surface area (Å²) in [5.41, 5.74) is 6.50. The van der Waals surface area contributed by atoms with Crippen LogP contribution in [-0.4, -0.2) is 11.5 Å². The van der Waals surface area contributed by atoms with E-state index >= 15 is 0 Å². The first-order valence-electron chi connectivity index (χ1n) is 7.45. The van der Waals surface area contributed by atoms with Crippen LogP contribution in [-0.2, 0) is 19.4 Å². The van der Waals surface area contributed by atoms with Gasteiger partial charge in [0.2, 0.25) is 0 Å². The minimum Gasteiger partial charge on any atom is -0.313 e. The predicted octanol–water partition coefficient (Wildman–Crippen LogP) is 3.65. The van der Waals surface area contributed by atoms with Gasteiger partial charge in [-0.3, -0.25) is 4.98 Å². The molecule has 0 atom stereocenters. The van der Waals surface area contributed by atoms with Gasteiger partial charge in [0, 0.05) is 24.9 Å². The number of pyridine rings is 1. The summed E-state index contributed by atoms with van der Waals surface area (Å²) in [6, 6.07) is 11.0. The van der Waals surface area contributed by atoms with Crippen LogP contribution in [0.15, 0.2) is 36.5 Å². The fraction of sp³-hybridized carbons (Fsp3) is 0.389. The summed E-state index contributed by atoms with van der Waals surface area (Å²) in [6.45, 7) is 8.40. The molecule has 0 unspecified atom stereocenters. The molecule has 0 aliphatic heterocycles. The third kappa shape index (κ3) is 3.91. The van der Waals surface area contributed by atoms with Gasteiger partial charge < -0.3 is 5.32 Å². The molecule has 2 nitrogen and oxygen atoms in total. The molecule has 2 heteroatoms. The normalized spacial score (nSPS) is 10.8. The molecule has 0 saturated heterocycles. The standard InChI is InChI=1S/C18H24N2/c1-4-15-8-9-18(20-13-15)11-17-10-16(12-19-5-2)7-6-14(17)3/h6-10,13,19H,4-5,11-12H2,1-3H3. The zero-order chi connectivity index (χ0) is 14.4. The summed E-state index contributed by atoms with van der Waals surface area (Å²) in [7, 11) is 0. The minimum absolute atomic E-state index is 0.912. The summed E-state index contributed by atoms with van der Waals surface area (Å²) < 4.78 is 0. The van der Waals surface area contributed by atoms with Crippen LogP contribution in [0.2, 0.25) is 0 Å². The molecule has 1 aromatic carbocycles. The Kier molecular flexibility index (Phi) is 5.31. The maximum atomic E-state index is 4.56. The second-order valence-electron chi connectivity index (χ2n) is 5.23. The van der Waals surface area contributed by atoms with Crippen LogP contribution in [0.5, 0.6) is 0 Å². The molecule has 0 bridgehead atoms. The maximum absolute atomic E-state index is 4.56. The number of aryl methyl sites for hydroxylation is 2. The first kappa shape index (κ1) is 14.7. The quantitative estimate of drug-likeness (QED) is 0.865. The number of aromatic nitrogens is 1. The van der Waals surface area contributed by atoms with Gasteiger partial charge in [0.15, 0.2) is 0 Å². The first-order valence-corrected chi connectivity index (χ1v) is 7.45. The molecule has 0 fully saturated rings. The Morgan fingerprint density at radius 1 is 1.05 bits per heavy atom. The van der Waals surface area contributed by atoms with Crippen molar-refractivity contribution in [1.82, 2.24) is 10.3 Å². The highest BCUT2D eigenvalue weighted by atomic mass is 14.8. The Morgan fingerprint density at radius 2 is 1.85 bits per heavy atom. The van der Waals surface area contributed by atoms with Crippen LogP contribution in [0, 0.1) is 6.92 Å². The van der Waals surface area contributed by atoms with Crippen LogP contribution < -0.4 is 5.32 Å².